The van der Waals surface area contributed by atoms with Gasteiger partial charge >= 0.3 is 5.97 Å². The van der Waals surface area contributed by atoms with Gasteiger partial charge in [0.15, 0.2) is 0 Å². The number of amides is 2. The average Bonchev–Trinajstić information content (AvgIpc) is 3.17. The van der Waals surface area contributed by atoms with Crippen molar-refractivity contribution < 1.29 is 19.1 Å². The molecule has 1 saturated heterocycles. The van der Waals surface area contributed by atoms with Crippen LogP contribution in [0.5, 0.6) is 5.75 Å². The summed E-state index contributed by atoms with van der Waals surface area (Å²) in [6.45, 7) is 2.13. The molecule has 0 saturated carbocycles. The minimum absolute atomic E-state index is 0.123. The molecule has 0 radical (unpaired) electrons. The Balaban J connectivity index is 1.27. The maximum absolute atomic E-state index is 13.8. The van der Waals surface area contributed by atoms with Crippen LogP contribution >= 0.6 is 0 Å². The fraction of sp³-hybridized carbons (Fsp3) is 0.323. The molecule has 0 N–H and O–H groups in total. The summed E-state index contributed by atoms with van der Waals surface area (Å²) in [4.78, 5) is 41.1. The van der Waals surface area contributed by atoms with E-state index >= 15 is 0 Å². The SMILES string of the molecule is CCCCCCC(=O)Oc1ccc(N2C(=O)C3C4c5ccccc5C(c5ccccc54)C3C2=O)cc1. The number of unbranched alkanes of at least 4 members (excludes halogenated alkanes) is 3. The first-order valence-electron chi connectivity index (χ1n) is 13.0. The molecule has 3 aromatic rings. The number of nitrogens with zero attached hydrogens (tertiary/aromatic N) is 1. The molecular formula is C31H29NO4. The number of hydrogen-bond donors (Lipinski definition) is 0. The Kier molecular flexibility index (Phi) is 5.71. The number of imide groups is 1. The highest BCUT2D eigenvalue weighted by Crippen LogP contribution is 2.61. The van der Waals surface area contributed by atoms with E-state index in [0.29, 0.717) is 17.9 Å². The summed E-state index contributed by atoms with van der Waals surface area (Å²) in [5, 5.41) is 0. The number of esters is 1. The third-order valence-electron chi connectivity index (χ3n) is 8.01. The zero-order valence-corrected chi connectivity index (χ0v) is 20.4. The van der Waals surface area contributed by atoms with Crippen LogP contribution in [0.15, 0.2) is 72.8 Å². The molecule has 2 amide bonds. The summed E-state index contributed by atoms with van der Waals surface area (Å²) >= 11 is 0. The van der Waals surface area contributed by atoms with E-state index in [1.807, 2.05) is 24.3 Å². The third kappa shape index (κ3) is 3.48. The molecule has 7 rings (SSSR count). The van der Waals surface area contributed by atoms with Crippen LogP contribution in [0.4, 0.5) is 5.69 Å². The molecule has 1 fully saturated rings. The minimum Gasteiger partial charge on any atom is -0.427 e. The molecule has 0 spiro atoms. The zero-order chi connectivity index (χ0) is 24.8. The van der Waals surface area contributed by atoms with Crippen molar-refractivity contribution in [2.45, 2.75) is 50.9 Å². The van der Waals surface area contributed by atoms with Crippen molar-refractivity contribution >= 4 is 23.5 Å². The second kappa shape index (κ2) is 9.05. The second-order valence-corrected chi connectivity index (χ2v) is 10.1. The van der Waals surface area contributed by atoms with E-state index in [4.69, 9.17) is 4.74 Å². The van der Waals surface area contributed by atoms with Crippen molar-refractivity contribution in [3.8, 4) is 5.75 Å². The summed E-state index contributed by atoms with van der Waals surface area (Å²) in [6, 6.07) is 23.2. The smallest absolute Gasteiger partial charge is 0.311 e. The molecular weight excluding hydrogens is 450 g/mol. The van der Waals surface area contributed by atoms with E-state index in [-0.39, 0.29) is 29.6 Å². The lowest BCUT2D eigenvalue weighted by molar-refractivity contribution is -0.134. The summed E-state index contributed by atoms with van der Waals surface area (Å²) in [7, 11) is 0. The maximum Gasteiger partial charge on any atom is 0.311 e. The highest BCUT2D eigenvalue weighted by molar-refractivity contribution is 6.23. The Labute approximate surface area is 211 Å². The lowest BCUT2D eigenvalue weighted by atomic mass is 9.55. The molecule has 3 aliphatic carbocycles. The number of carbonyl (C=O) groups excluding carboxylic acids is 3. The van der Waals surface area contributed by atoms with Crippen LogP contribution < -0.4 is 9.64 Å². The molecule has 1 heterocycles. The summed E-state index contributed by atoms with van der Waals surface area (Å²) in [6.07, 6.45) is 4.45. The Morgan fingerprint density at radius 3 is 1.69 bits per heavy atom. The molecule has 1 aliphatic heterocycles. The Hall–Kier alpha value is -3.73. The van der Waals surface area contributed by atoms with Crippen LogP contribution in [0.25, 0.3) is 0 Å². The fourth-order valence-electron chi connectivity index (χ4n) is 6.47. The Morgan fingerprint density at radius 2 is 1.22 bits per heavy atom. The van der Waals surface area contributed by atoms with Crippen molar-refractivity contribution in [2.75, 3.05) is 4.90 Å². The molecule has 2 atom stereocenters. The molecule has 3 aromatic carbocycles. The second-order valence-electron chi connectivity index (χ2n) is 10.1. The van der Waals surface area contributed by atoms with E-state index in [9.17, 15) is 14.4 Å². The van der Waals surface area contributed by atoms with Crippen molar-refractivity contribution in [1.29, 1.82) is 0 Å². The first-order chi connectivity index (χ1) is 17.6. The average molecular weight is 480 g/mol. The predicted octanol–water partition coefficient (Wildman–Crippen LogP) is 5.96. The standard InChI is InChI=1S/C31H29NO4/c1-2-3-4-5-14-25(33)36-20-17-15-19(16-18-20)32-30(34)28-26-21-10-6-7-11-22(21)27(29(28)31(32)35)24-13-9-8-12-23(24)26/h6-13,15-18,26-29H,2-5,14H2,1H3. The van der Waals surface area contributed by atoms with E-state index in [1.165, 1.54) is 4.90 Å². The number of ether oxygens (including phenoxy) is 1. The van der Waals surface area contributed by atoms with E-state index in [0.717, 1.165) is 47.9 Å². The Bertz CT molecular complexity index is 1230. The Morgan fingerprint density at radius 1 is 0.722 bits per heavy atom. The van der Waals surface area contributed by atoms with Gasteiger partial charge in [-0.25, -0.2) is 4.90 Å². The van der Waals surface area contributed by atoms with Gasteiger partial charge in [0.05, 0.1) is 17.5 Å². The first-order valence-corrected chi connectivity index (χ1v) is 13.0. The number of rotatable bonds is 7. The van der Waals surface area contributed by atoms with Gasteiger partial charge in [-0.1, -0.05) is 74.7 Å². The van der Waals surface area contributed by atoms with Gasteiger partial charge in [-0.2, -0.15) is 0 Å². The van der Waals surface area contributed by atoms with E-state index in [1.54, 1.807) is 24.3 Å². The molecule has 2 unspecified atom stereocenters. The van der Waals surface area contributed by atoms with Gasteiger partial charge in [-0.15, -0.1) is 0 Å². The van der Waals surface area contributed by atoms with Crippen LogP contribution in [0.2, 0.25) is 0 Å². The molecule has 5 nitrogen and oxygen atoms in total. The van der Waals surface area contributed by atoms with E-state index in [2.05, 4.69) is 31.2 Å². The summed E-state index contributed by atoms with van der Waals surface area (Å²) < 4.78 is 5.46. The van der Waals surface area contributed by atoms with Crippen LogP contribution in [0, 0.1) is 11.8 Å². The summed E-state index contributed by atoms with van der Waals surface area (Å²) in [5.74, 6) is -1.19. The quantitative estimate of drug-likeness (QED) is 0.182. The molecule has 4 aliphatic rings. The van der Waals surface area contributed by atoms with Crippen LogP contribution in [-0.4, -0.2) is 17.8 Å². The number of hydrogen-bond acceptors (Lipinski definition) is 4. The van der Waals surface area contributed by atoms with Crippen molar-refractivity contribution in [1.82, 2.24) is 0 Å². The molecule has 36 heavy (non-hydrogen) atoms. The molecule has 5 heteroatoms. The first kappa shape index (κ1) is 22.7. The van der Waals surface area contributed by atoms with Crippen molar-refractivity contribution in [3.05, 3.63) is 95.1 Å². The minimum atomic E-state index is -0.409. The third-order valence-corrected chi connectivity index (χ3v) is 8.01. The van der Waals surface area contributed by atoms with Crippen molar-refractivity contribution in [2.24, 2.45) is 11.8 Å². The molecule has 182 valence electrons. The fourth-order valence-corrected chi connectivity index (χ4v) is 6.47. The topological polar surface area (TPSA) is 63.7 Å². The van der Waals surface area contributed by atoms with Crippen LogP contribution in [-0.2, 0) is 14.4 Å². The van der Waals surface area contributed by atoms with Gasteiger partial charge in [0.25, 0.3) is 0 Å². The monoisotopic (exact) mass is 479 g/mol. The largest absolute Gasteiger partial charge is 0.427 e. The lowest BCUT2D eigenvalue weighted by Gasteiger charge is -2.45. The number of anilines is 1. The highest BCUT2D eigenvalue weighted by atomic mass is 16.5. The van der Waals surface area contributed by atoms with Gasteiger partial charge in [0, 0.05) is 18.3 Å². The zero-order valence-electron chi connectivity index (χ0n) is 20.4. The van der Waals surface area contributed by atoms with Gasteiger partial charge in [-0.05, 0) is 52.9 Å². The van der Waals surface area contributed by atoms with Crippen LogP contribution in [0.1, 0.15) is 73.1 Å². The number of benzene rings is 3. The van der Waals surface area contributed by atoms with Gasteiger partial charge in [0.2, 0.25) is 11.8 Å². The molecule has 0 aromatic heterocycles. The van der Waals surface area contributed by atoms with Gasteiger partial charge in [-0.3, -0.25) is 14.4 Å². The van der Waals surface area contributed by atoms with Gasteiger partial charge < -0.3 is 4.74 Å². The van der Waals surface area contributed by atoms with Gasteiger partial charge in [0.1, 0.15) is 5.75 Å². The predicted molar refractivity (Wildman–Crippen MR) is 137 cm³/mol. The number of carbonyl (C=O) groups is 3. The highest BCUT2D eigenvalue weighted by Gasteiger charge is 2.61. The normalized spacial score (nSPS) is 23.3. The van der Waals surface area contributed by atoms with Crippen LogP contribution in [0.3, 0.4) is 0 Å². The van der Waals surface area contributed by atoms with E-state index < -0.39 is 11.8 Å². The van der Waals surface area contributed by atoms with Crippen molar-refractivity contribution in [3.63, 3.8) is 0 Å². The molecule has 2 bridgehead atoms. The lowest BCUT2D eigenvalue weighted by Crippen LogP contribution is -2.41. The summed E-state index contributed by atoms with van der Waals surface area (Å²) in [5.41, 5.74) is 5.16. The maximum atomic E-state index is 13.8.